The van der Waals surface area contributed by atoms with Gasteiger partial charge in [-0.15, -0.1) is 0 Å². The summed E-state index contributed by atoms with van der Waals surface area (Å²) in [4.78, 5) is 16.3. The van der Waals surface area contributed by atoms with Crippen molar-refractivity contribution >= 4 is 6.03 Å². The van der Waals surface area contributed by atoms with E-state index in [0.717, 1.165) is 0 Å². The standard InChI is InChI=1S/C4H4N2.C2H3N.CH4N2O/c1-2-5-4-6-3-1;1-2-3;2-1(3)4/h1-4H;1H3;(H4,2,3,4). The average molecular weight is 181 g/mol. The van der Waals surface area contributed by atoms with Gasteiger partial charge in [-0.2, -0.15) is 5.26 Å². The van der Waals surface area contributed by atoms with Gasteiger partial charge in [-0.3, -0.25) is 0 Å². The van der Waals surface area contributed by atoms with Gasteiger partial charge in [-0.05, 0) is 6.07 Å². The third kappa shape index (κ3) is 41.0. The number of aromatic nitrogens is 2. The van der Waals surface area contributed by atoms with Gasteiger partial charge in [0.2, 0.25) is 0 Å². The molecule has 1 aromatic heterocycles. The molecule has 0 aliphatic heterocycles. The van der Waals surface area contributed by atoms with E-state index in [1.807, 2.05) is 0 Å². The number of rotatable bonds is 0. The monoisotopic (exact) mass is 181 g/mol. The molecule has 0 aromatic carbocycles. The molecule has 0 aliphatic carbocycles. The highest BCUT2D eigenvalue weighted by atomic mass is 16.2. The summed E-state index contributed by atoms with van der Waals surface area (Å²) in [5.74, 6) is 0. The van der Waals surface area contributed by atoms with Gasteiger partial charge in [0.1, 0.15) is 6.33 Å². The van der Waals surface area contributed by atoms with Crippen LogP contribution in [0, 0.1) is 11.3 Å². The number of carbonyl (C=O) groups excluding carboxylic acids is 1. The van der Waals surface area contributed by atoms with Gasteiger partial charge in [0.25, 0.3) is 0 Å². The average Bonchev–Trinajstić information content (AvgIpc) is 2.08. The van der Waals surface area contributed by atoms with Gasteiger partial charge in [0.15, 0.2) is 0 Å². The molecule has 6 heteroatoms. The van der Waals surface area contributed by atoms with Gasteiger partial charge in [0, 0.05) is 19.3 Å². The molecule has 6 nitrogen and oxygen atoms in total. The number of nitriles is 1. The van der Waals surface area contributed by atoms with Crippen LogP contribution < -0.4 is 11.5 Å². The number of hydrogen-bond donors (Lipinski definition) is 2. The van der Waals surface area contributed by atoms with Crippen LogP contribution in [0.25, 0.3) is 0 Å². The lowest BCUT2D eigenvalue weighted by atomic mass is 10.7. The fourth-order valence-corrected chi connectivity index (χ4v) is 0.253. The van der Waals surface area contributed by atoms with Crippen LogP contribution in [0.15, 0.2) is 24.8 Å². The minimum atomic E-state index is -0.833. The molecule has 4 N–H and O–H groups in total. The Kier molecular flexibility index (Phi) is 12.9. The van der Waals surface area contributed by atoms with Crippen LogP contribution in [0.3, 0.4) is 0 Å². The summed E-state index contributed by atoms with van der Waals surface area (Å²) in [5.41, 5.74) is 8.50. The maximum absolute atomic E-state index is 9.00. The second kappa shape index (κ2) is 12.5. The van der Waals surface area contributed by atoms with E-state index in [4.69, 9.17) is 10.1 Å². The summed E-state index contributed by atoms with van der Waals surface area (Å²) >= 11 is 0. The molecular formula is C7H11N5O. The van der Waals surface area contributed by atoms with Crippen molar-refractivity contribution in [1.82, 2.24) is 9.97 Å². The lowest BCUT2D eigenvalue weighted by Crippen LogP contribution is -2.18. The summed E-state index contributed by atoms with van der Waals surface area (Å²) < 4.78 is 0. The van der Waals surface area contributed by atoms with E-state index < -0.39 is 6.03 Å². The molecule has 13 heavy (non-hydrogen) atoms. The predicted octanol–water partition coefficient (Wildman–Crippen LogP) is 0.0303. The smallest absolute Gasteiger partial charge is 0.309 e. The Balaban J connectivity index is 0. The number of primary amides is 2. The fourth-order valence-electron chi connectivity index (χ4n) is 0.253. The molecular weight excluding hydrogens is 170 g/mol. The second-order valence-corrected chi connectivity index (χ2v) is 1.53. The Morgan fingerprint density at radius 3 is 1.77 bits per heavy atom. The van der Waals surface area contributed by atoms with Crippen molar-refractivity contribution in [3.05, 3.63) is 24.8 Å². The molecule has 1 heterocycles. The largest absolute Gasteiger partial charge is 0.352 e. The molecule has 1 rings (SSSR count). The van der Waals surface area contributed by atoms with E-state index in [-0.39, 0.29) is 0 Å². The molecule has 0 bridgehead atoms. The Morgan fingerprint density at radius 1 is 1.38 bits per heavy atom. The van der Waals surface area contributed by atoms with E-state index in [1.165, 1.54) is 13.3 Å². The molecule has 1 aromatic rings. The van der Waals surface area contributed by atoms with Crippen molar-refractivity contribution in [3.63, 3.8) is 0 Å². The van der Waals surface area contributed by atoms with Crippen LogP contribution in [-0.4, -0.2) is 16.0 Å². The highest BCUT2D eigenvalue weighted by molar-refractivity contribution is 5.69. The molecule has 70 valence electrons. The van der Waals surface area contributed by atoms with Crippen LogP contribution in [-0.2, 0) is 0 Å². The Morgan fingerprint density at radius 2 is 1.69 bits per heavy atom. The van der Waals surface area contributed by atoms with Crippen LogP contribution in [0.4, 0.5) is 4.79 Å². The lowest BCUT2D eigenvalue weighted by molar-refractivity contribution is 0.256. The molecule has 0 unspecified atom stereocenters. The molecule has 0 spiro atoms. The topological polar surface area (TPSA) is 119 Å². The summed E-state index contributed by atoms with van der Waals surface area (Å²) in [5, 5.41) is 7.32. The highest BCUT2D eigenvalue weighted by Gasteiger charge is 1.60. The molecule has 0 fully saturated rings. The predicted molar refractivity (Wildman–Crippen MR) is 47.1 cm³/mol. The molecule has 2 amide bonds. The van der Waals surface area contributed by atoms with Gasteiger partial charge in [0.05, 0.1) is 6.07 Å². The van der Waals surface area contributed by atoms with Crippen molar-refractivity contribution < 1.29 is 4.79 Å². The second-order valence-electron chi connectivity index (χ2n) is 1.53. The highest BCUT2D eigenvalue weighted by Crippen LogP contribution is 1.66. The van der Waals surface area contributed by atoms with Crippen LogP contribution in [0.1, 0.15) is 6.92 Å². The minimum absolute atomic E-state index is 0.833. The molecule has 0 radical (unpaired) electrons. The van der Waals surface area contributed by atoms with Crippen LogP contribution in [0.2, 0.25) is 0 Å². The Bertz CT molecular complexity index is 212. The Labute approximate surface area is 76.2 Å². The zero-order chi connectivity index (χ0) is 10.5. The quantitative estimate of drug-likeness (QED) is 0.586. The number of nitrogens with zero attached hydrogens (tertiary/aromatic N) is 3. The summed E-state index contributed by atoms with van der Waals surface area (Å²) in [6, 6.07) is 2.69. The van der Waals surface area contributed by atoms with E-state index in [9.17, 15) is 0 Å². The SMILES string of the molecule is CC#N.NC(N)=O.c1cncnc1. The third-order valence-electron chi connectivity index (χ3n) is 0.478. The minimum Gasteiger partial charge on any atom is -0.352 e. The van der Waals surface area contributed by atoms with E-state index in [1.54, 1.807) is 24.5 Å². The first-order valence-electron chi connectivity index (χ1n) is 3.20. The normalized spacial score (nSPS) is 6.15. The van der Waals surface area contributed by atoms with E-state index >= 15 is 0 Å². The summed E-state index contributed by atoms with van der Waals surface area (Å²) in [7, 11) is 0. The van der Waals surface area contributed by atoms with Gasteiger partial charge >= 0.3 is 6.03 Å². The van der Waals surface area contributed by atoms with Gasteiger partial charge < -0.3 is 11.5 Å². The Hall–Kier alpha value is -2.16. The van der Waals surface area contributed by atoms with Crippen LogP contribution >= 0.6 is 0 Å². The summed E-state index contributed by atoms with van der Waals surface area (Å²) in [6.45, 7) is 1.43. The zero-order valence-corrected chi connectivity index (χ0v) is 7.21. The maximum Gasteiger partial charge on any atom is 0.309 e. The van der Waals surface area contributed by atoms with Crippen molar-refractivity contribution in [3.8, 4) is 6.07 Å². The van der Waals surface area contributed by atoms with Crippen molar-refractivity contribution in [2.75, 3.05) is 0 Å². The number of carbonyl (C=O) groups is 1. The van der Waals surface area contributed by atoms with Crippen molar-refractivity contribution in [2.45, 2.75) is 6.92 Å². The molecule has 0 saturated carbocycles. The fraction of sp³-hybridized carbons (Fsp3) is 0.143. The number of nitrogens with two attached hydrogens (primary N) is 2. The first kappa shape index (κ1) is 13.4. The summed E-state index contributed by atoms with van der Waals surface area (Å²) in [6.07, 6.45) is 4.88. The zero-order valence-electron chi connectivity index (χ0n) is 7.21. The van der Waals surface area contributed by atoms with E-state index in [2.05, 4.69) is 21.4 Å². The molecule has 0 atom stereocenters. The number of amides is 2. The number of hydrogen-bond acceptors (Lipinski definition) is 4. The first-order valence-corrected chi connectivity index (χ1v) is 3.20. The first-order chi connectivity index (χ1) is 6.15. The van der Waals surface area contributed by atoms with Gasteiger partial charge in [-0.25, -0.2) is 14.8 Å². The van der Waals surface area contributed by atoms with Crippen molar-refractivity contribution in [1.29, 1.82) is 5.26 Å². The van der Waals surface area contributed by atoms with E-state index in [0.29, 0.717) is 0 Å². The third-order valence-corrected chi connectivity index (χ3v) is 0.478. The van der Waals surface area contributed by atoms with Gasteiger partial charge in [-0.1, -0.05) is 0 Å². The molecule has 0 aliphatic rings. The lowest BCUT2D eigenvalue weighted by Gasteiger charge is -1.70. The van der Waals surface area contributed by atoms with Crippen molar-refractivity contribution in [2.24, 2.45) is 11.5 Å². The maximum atomic E-state index is 9.00. The number of urea groups is 1. The van der Waals surface area contributed by atoms with Crippen LogP contribution in [0.5, 0.6) is 0 Å². The molecule has 0 saturated heterocycles.